The lowest BCUT2D eigenvalue weighted by atomic mass is 10.2. The number of amides is 1. The molecule has 3 aromatic carbocycles. The van der Waals surface area contributed by atoms with Crippen LogP contribution in [0.1, 0.15) is 22.3 Å². The maximum atomic E-state index is 13.7. The molecule has 1 aromatic heterocycles. The van der Waals surface area contributed by atoms with Gasteiger partial charge in [-0.05, 0) is 82.0 Å². The van der Waals surface area contributed by atoms with Crippen LogP contribution in [0.3, 0.4) is 0 Å². The molecule has 0 aliphatic heterocycles. The smallest absolute Gasteiger partial charge is 0.260 e. The number of rotatable bonds is 8. The molecule has 7 heteroatoms. The monoisotopic (exact) mass is 479 g/mol. The molecule has 0 N–H and O–H groups in total. The predicted molar refractivity (Wildman–Crippen MR) is 137 cm³/mol. The molecule has 5 nitrogen and oxygen atoms in total. The zero-order valence-electron chi connectivity index (χ0n) is 18.9. The third-order valence-electron chi connectivity index (χ3n) is 5.16. The zero-order chi connectivity index (χ0) is 23.4. The average Bonchev–Trinajstić information content (AvgIpc) is 3.21. The Hall–Kier alpha value is -2.93. The highest BCUT2D eigenvalue weighted by molar-refractivity contribution is 7.22. The van der Waals surface area contributed by atoms with Gasteiger partial charge in [0.2, 0.25) is 0 Å². The van der Waals surface area contributed by atoms with Crippen LogP contribution in [-0.4, -0.2) is 43.0 Å². The highest BCUT2D eigenvalue weighted by Gasteiger charge is 2.22. The van der Waals surface area contributed by atoms with E-state index in [9.17, 15) is 4.79 Å². The van der Waals surface area contributed by atoms with Crippen molar-refractivity contribution in [2.24, 2.45) is 0 Å². The molecule has 0 aliphatic rings. The maximum Gasteiger partial charge on any atom is 0.260 e. The normalized spacial score (nSPS) is 11.2. The SMILES string of the molecule is Cc1cc(Cl)cc2sc(N(CCCN(C)C)C(=O)c3cccc(Oc4ccccc4)c3)nc12. The number of anilines is 1. The molecule has 4 rings (SSSR count). The van der Waals surface area contributed by atoms with E-state index < -0.39 is 0 Å². The Balaban J connectivity index is 1.65. The lowest BCUT2D eigenvalue weighted by Gasteiger charge is -2.21. The van der Waals surface area contributed by atoms with Crippen LogP contribution < -0.4 is 9.64 Å². The van der Waals surface area contributed by atoms with Crippen LogP contribution in [0.5, 0.6) is 11.5 Å². The topological polar surface area (TPSA) is 45.7 Å². The number of aromatic nitrogens is 1. The number of hydrogen-bond acceptors (Lipinski definition) is 5. The van der Waals surface area contributed by atoms with Crippen molar-refractivity contribution in [1.82, 2.24) is 9.88 Å². The summed E-state index contributed by atoms with van der Waals surface area (Å²) in [5.74, 6) is 1.24. The van der Waals surface area contributed by atoms with Crippen molar-refractivity contribution in [3.63, 3.8) is 0 Å². The van der Waals surface area contributed by atoms with E-state index in [0.29, 0.717) is 28.0 Å². The van der Waals surface area contributed by atoms with Gasteiger partial charge in [0.15, 0.2) is 5.13 Å². The summed E-state index contributed by atoms with van der Waals surface area (Å²) >= 11 is 7.74. The summed E-state index contributed by atoms with van der Waals surface area (Å²) in [4.78, 5) is 22.3. The van der Waals surface area contributed by atoms with E-state index in [0.717, 1.165) is 34.5 Å². The summed E-state index contributed by atoms with van der Waals surface area (Å²) in [6.07, 6.45) is 0.828. The first-order valence-electron chi connectivity index (χ1n) is 10.8. The number of ether oxygens (including phenoxy) is 1. The highest BCUT2D eigenvalue weighted by Crippen LogP contribution is 2.34. The Kier molecular flexibility index (Phi) is 7.28. The fraction of sp³-hybridized carbons (Fsp3) is 0.231. The van der Waals surface area contributed by atoms with Crippen molar-refractivity contribution in [1.29, 1.82) is 0 Å². The van der Waals surface area contributed by atoms with E-state index in [1.807, 2.05) is 81.7 Å². The molecule has 0 unspecified atom stereocenters. The summed E-state index contributed by atoms with van der Waals surface area (Å²) in [5.41, 5.74) is 2.44. The average molecular weight is 480 g/mol. The molecule has 0 bridgehead atoms. The molecule has 0 aliphatic carbocycles. The van der Waals surface area contributed by atoms with E-state index in [1.165, 1.54) is 11.3 Å². The minimum Gasteiger partial charge on any atom is -0.457 e. The van der Waals surface area contributed by atoms with E-state index in [-0.39, 0.29) is 5.91 Å². The van der Waals surface area contributed by atoms with Gasteiger partial charge in [-0.1, -0.05) is 47.2 Å². The largest absolute Gasteiger partial charge is 0.457 e. The van der Waals surface area contributed by atoms with Gasteiger partial charge in [-0.25, -0.2) is 4.98 Å². The molecular weight excluding hydrogens is 454 g/mol. The maximum absolute atomic E-state index is 13.7. The Morgan fingerprint density at radius 2 is 1.76 bits per heavy atom. The number of halogens is 1. The molecule has 0 radical (unpaired) electrons. The predicted octanol–water partition coefficient (Wildman–Crippen LogP) is 6.65. The molecule has 4 aromatic rings. The van der Waals surface area contributed by atoms with Crippen molar-refractivity contribution in [2.45, 2.75) is 13.3 Å². The van der Waals surface area contributed by atoms with Gasteiger partial charge >= 0.3 is 0 Å². The second-order valence-corrected chi connectivity index (χ2v) is 9.57. The Morgan fingerprint density at radius 1 is 1.00 bits per heavy atom. The molecule has 0 atom stereocenters. The molecule has 0 saturated carbocycles. The lowest BCUT2D eigenvalue weighted by Crippen LogP contribution is -2.33. The van der Waals surface area contributed by atoms with Gasteiger partial charge in [0.1, 0.15) is 11.5 Å². The number of para-hydroxylation sites is 1. The van der Waals surface area contributed by atoms with Gasteiger partial charge in [0, 0.05) is 17.1 Å². The Bertz CT molecular complexity index is 1260. The van der Waals surface area contributed by atoms with Gasteiger partial charge < -0.3 is 9.64 Å². The minimum absolute atomic E-state index is 0.102. The number of aryl methyl sites for hydroxylation is 1. The van der Waals surface area contributed by atoms with Crippen LogP contribution in [0.4, 0.5) is 5.13 Å². The van der Waals surface area contributed by atoms with Crippen molar-refractivity contribution in [2.75, 3.05) is 32.1 Å². The second kappa shape index (κ2) is 10.3. The summed E-state index contributed by atoms with van der Waals surface area (Å²) < 4.78 is 6.91. The van der Waals surface area contributed by atoms with Gasteiger partial charge in [-0.2, -0.15) is 0 Å². The number of thiazole rings is 1. The highest BCUT2D eigenvalue weighted by atomic mass is 35.5. The molecule has 170 valence electrons. The van der Waals surface area contributed by atoms with Crippen LogP contribution in [0.25, 0.3) is 10.2 Å². The Labute approximate surface area is 203 Å². The molecule has 0 spiro atoms. The third kappa shape index (κ3) is 5.71. The zero-order valence-corrected chi connectivity index (χ0v) is 20.5. The molecule has 1 amide bonds. The Morgan fingerprint density at radius 3 is 2.52 bits per heavy atom. The number of carbonyl (C=O) groups is 1. The fourth-order valence-electron chi connectivity index (χ4n) is 3.56. The quantitative estimate of drug-likeness (QED) is 0.284. The number of nitrogens with zero attached hydrogens (tertiary/aromatic N) is 3. The van der Waals surface area contributed by atoms with E-state index in [4.69, 9.17) is 21.3 Å². The summed E-state index contributed by atoms with van der Waals surface area (Å²) in [6, 6.07) is 20.6. The third-order valence-corrected chi connectivity index (χ3v) is 6.41. The standard InChI is InChI=1S/C26H26ClN3O2S/c1-18-15-20(27)17-23-24(18)28-26(33-23)30(14-8-13-29(2)3)25(31)19-9-7-12-22(16-19)32-21-10-5-4-6-11-21/h4-7,9-12,15-17H,8,13-14H2,1-3H3. The number of fused-ring (bicyclic) bond motifs is 1. The van der Waals surface area contributed by atoms with Gasteiger partial charge in [0.05, 0.1) is 10.2 Å². The fourth-order valence-corrected chi connectivity index (χ4v) is 5.00. The van der Waals surface area contributed by atoms with Crippen LogP contribution >= 0.6 is 22.9 Å². The molecule has 1 heterocycles. The van der Waals surface area contributed by atoms with Crippen LogP contribution in [0.2, 0.25) is 5.02 Å². The van der Waals surface area contributed by atoms with Gasteiger partial charge in [-0.3, -0.25) is 9.69 Å². The first kappa shape index (κ1) is 23.2. The van der Waals surface area contributed by atoms with Crippen molar-refractivity contribution < 1.29 is 9.53 Å². The molecule has 33 heavy (non-hydrogen) atoms. The first-order valence-corrected chi connectivity index (χ1v) is 12.0. The second-order valence-electron chi connectivity index (χ2n) is 8.12. The first-order chi connectivity index (χ1) is 15.9. The summed E-state index contributed by atoms with van der Waals surface area (Å²) in [6.45, 7) is 3.42. The van der Waals surface area contributed by atoms with Gasteiger partial charge in [0.25, 0.3) is 5.91 Å². The number of hydrogen-bond donors (Lipinski definition) is 0. The van der Waals surface area contributed by atoms with Gasteiger partial charge in [-0.15, -0.1) is 0 Å². The van der Waals surface area contributed by atoms with Crippen molar-refractivity contribution in [3.8, 4) is 11.5 Å². The van der Waals surface area contributed by atoms with Crippen LogP contribution in [-0.2, 0) is 0 Å². The van der Waals surface area contributed by atoms with Crippen LogP contribution in [0, 0.1) is 6.92 Å². The molecular formula is C26H26ClN3O2S. The summed E-state index contributed by atoms with van der Waals surface area (Å²) in [5, 5.41) is 1.35. The van der Waals surface area contributed by atoms with E-state index in [1.54, 1.807) is 11.0 Å². The van der Waals surface area contributed by atoms with Crippen molar-refractivity contribution >= 4 is 44.2 Å². The summed E-state index contributed by atoms with van der Waals surface area (Å²) in [7, 11) is 4.05. The van der Waals surface area contributed by atoms with Crippen LogP contribution in [0.15, 0.2) is 66.7 Å². The lowest BCUT2D eigenvalue weighted by molar-refractivity contribution is 0.0985. The van der Waals surface area contributed by atoms with E-state index >= 15 is 0 Å². The van der Waals surface area contributed by atoms with E-state index in [2.05, 4.69) is 4.90 Å². The minimum atomic E-state index is -0.102. The molecule has 0 saturated heterocycles. The van der Waals surface area contributed by atoms with Crippen molar-refractivity contribution in [3.05, 3.63) is 82.9 Å². The number of carbonyl (C=O) groups excluding carboxylic acids is 1. The number of benzene rings is 3. The molecule has 0 fully saturated rings.